The van der Waals surface area contributed by atoms with E-state index in [4.69, 9.17) is 17.0 Å². The van der Waals surface area contributed by atoms with Crippen molar-refractivity contribution < 1.29 is 20.8 Å². The van der Waals surface area contributed by atoms with Gasteiger partial charge in [0.05, 0.1) is 0 Å². The zero-order valence-corrected chi connectivity index (χ0v) is 22.4. The predicted octanol–water partition coefficient (Wildman–Crippen LogP) is 7.89. The van der Waals surface area contributed by atoms with Crippen LogP contribution in [0.4, 0.5) is 0 Å². The second kappa shape index (κ2) is 11.3. The van der Waals surface area contributed by atoms with Gasteiger partial charge in [0.25, 0.3) is 0 Å². The first-order valence-corrected chi connectivity index (χ1v) is 17.5. The van der Waals surface area contributed by atoms with E-state index < -0.39 is 26.3 Å². The summed E-state index contributed by atoms with van der Waals surface area (Å²) < 4.78 is 0. The number of allylic oxidation sites excluding steroid dienone is 8. The Hall–Kier alpha value is -1.14. The molecule has 0 aliphatic heterocycles. The van der Waals surface area contributed by atoms with Crippen LogP contribution in [0.1, 0.15) is 11.1 Å². The SMILES string of the molecule is [CH]1[CH][CH][C](C([C]2[C]3C=CC=C[C]3[C]3C=CC=C[C]32)(c2ccccc2)c2ccccc2)[CH]1.[Cl][Zr+2][Cl]. The molecule has 162 valence electrons. The number of hydrogen-bond acceptors (Lipinski definition) is 0. The maximum absolute atomic E-state index is 4.93. The Morgan fingerprint density at radius 1 is 0.529 bits per heavy atom. The third-order valence-electron chi connectivity index (χ3n) is 6.57. The summed E-state index contributed by atoms with van der Waals surface area (Å²) in [5, 5.41) is 0. The van der Waals surface area contributed by atoms with Crippen LogP contribution in [0.15, 0.2) is 109 Å². The van der Waals surface area contributed by atoms with Gasteiger partial charge in [-0.1, -0.05) is 109 Å². The summed E-state index contributed by atoms with van der Waals surface area (Å²) >= 11 is -0.826. The first-order valence-electron chi connectivity index (χ1n) is 11.2. The molecule has 2 aromatic rings. The van der Waals surface area contributed by atoms with Gasteiger partial charge in [-0.3, -0.25) is 0 Å². The summed E-state index contributed by atoms with van der Waals surface area (Å²) in [6.07, 6.45) is 26.6. The van der Waals surface area contributed by atoms with Crippen LogP contribution in [0.5, 0.6) is 0 Å². The van der Waals surface area contributed by atoms with Crippen LogP contribution in [0.3, 0.4) is 0 Å². The predicted molar refractivity (Wildman–Crippen MR) is 139 cm³/mol. The molecule has 0 N–H and O–H groups in total. The van der Waals surface area contributed by atoms with Crippen LogP contribution in [0.2, 0.25) is 0 Å². The van der Waals surface area contributed by atoms with Gasteiger partial charge in [0.2, 0.25) is 0 Å². The van der Waals surface area contributed by atoms with Gasteiger partial charge in [-0.15, -0.1) is 0 Å². The molecule has 2 aromatic carbocycles. The number of rotatable bonds is 4. The van der Waals surface area contributed by atoms with E-state index in [1.807, 2.05) is 0 Å². The molecule has 0 heterocycles. The summed E-state index contributed by atoms with van der Waals surface area (Å²) in [4.78, 5) is 0. The van der Waals surface area contributed by atoms with E-state index in [2.05, 4.69) is 135 Å². The van der Waals surface area contributed by atoms with Crippen molar-refractivity contribution in [1.82, 2.24) is 0 Å². The Labute approximate surface area is 223 Å². The second-order valence-electron chi connectivity index (χ2n) is 8.19. The normalized spacial score (nSPS) is 21.2. The van der Waals surface area contributed by atoms with Gasteiger partial charge in [0, 0.05) is 35.0 Å². The Morgan fingerprint density at radius 2 is 0.912 bits per heavy atom. The monoisotopic (exact) mass is 554 g/mol. The third-order valence-corrected chi connectivity index (χ3v) is 6.57. The van der Waals surface area contributed by atoms with Crippen LogP contribution in [0, 0.1) is 61.2 Å². The third kappa shape index (κ3) is 4.32. The van der Waals surface area contributed by atoms with Crippen LogP contribution >= 0.6 is 17.0 Å². The number of benzene rings is 2. The van der Waals surface area contributed by atoms with E-state index >= 15 is 0 Å². The Balaban J connectivity index is 0.000000764. The maximum atomic E-state index is 4.93. The van der Waals surface area contributed by atoms with Crippen LogP contribution in [0.25, 0.3) is 0 Å². The first-order chi connectivity index (χ1) is 16.8. The van der Waals surface area contributed by atoms with Crippen molar-refractivity contribution in [2.75, 3.05) is 0 Å². The van der Waals surface area contributed by atoms with Crippen molar-refractivity contribution in [2.24, 2.45) is 0 Å². The summed E-state index contributed by atoms with van der Waals surface area (Å²) in [6.45, 7) is 0. The standard InChI is InChI=1S/C31H22.2ClH.Zr/c1-3-13-23(14-4-1)31(25-17-7-8-18-25,24-15-5-2-6-16-24)30-28-21-11-9-19-26(28)27-20-10-12-22-29(27)30;;;/h1-22H;2*1H;/q;;;+4/p-2. The Bertz CT molecular complexity index is 976. The number of halogens is 2. The van der Waals surface area contributed by atoms with Crippen LogP contribution < -0.4 is 0 Å². The Morgan fingerprint density at radius 3 is 1.32 bits per heavy atom. The van der Waals surface area contributed by atoms with Gasteiger partial charge in [0.1, 0.15) is 0 Å². The zero-order valence-electron chi connectivity index (χ0n) is 18.5. The van der Waals surface area contributed by atoms with E-state index in [9.17, 15) is 0 Å². The van der Waals surface area contributed by atoms with E-state index in [1.165, 1.54) is 46.6 Å². The van der Waals surface area contributed by atoms with Gasteiger partial charge in [-0.2, -0.15) is 0 Å². The van der Waals surface area contributed by atoms with Crippen molar-refractivity contribution >= 4 is 17.0 Å². The molecule has 0 saturated heterocycles. The zero-order chi connectivity index (χ0) is 23.4. The summed E-state index contributed by atoms with van der Waals surface area (Å²) in [7, 11) is 9.87. The van der Waals surface area contributed by atoms with Gasteiger partial charge in [-0.05, 0) is 42.7 Å². The van der Waals surface area contributed by atoms with E-state index in [0.29, 0.717) is 0 Å². The van der Waals surface area contributed by atoms with Crippen molar-refractivity contribution in [3.63, 3.8) is 0 Å². The molecule has 4 aliphatic carbocycles. The summed E-state index contributed by atoms with van der Waals surface area (Å²) in [5.74, 6) is 7.93. The molecule has 0 aromatic heterocycles. The fourth-order valence-corrected chi connectivity index (χ4v) is 5.35. The topological polar surface area (TPSA) is 0 Å². The minimum atomic E-state index is -0.826. The molecule has 0 nitrogen and oxygen atoms in total. The molecule has 6 rings (SSSR count). The fourth-order valence-electron chi connectivity index (χ4n) is 5.35. The molecule has 2 saturated carbocycles. The van der Waals surface area contributed by atoms with E-state index in [0.717, 1.165) is 0 Å². The Kier molecular flexibility index (Phi) is 8.15. The molecule has 3 heteroatoms. The van der Waals surface area contributed by atoms with Gasteiger partial charge < -0.3 is 0 Å². The average Bonchev–Trinajstić information content (AvgIpc) is 3.55. The quantitative estimate of drug-likeness (QED) is 0.359. The number of fused-ring (bicyclic) bond motifs is 3. The first kappa shape index (κ1) is 24.6. The summed E-state index contributed by atoms with van der Waals surface area (Å²) in [5.41, 5.74) is 2.16. The van der Waals surface area contributed by atoms with Crippen LogP contribution in [-0.4, -0.2) is 0 Å². The van der Waals surface area contributed by atoms with Gasteiger partial charge in [0.15, 0.2) is 0 Å². The van der Waals surface area contributed by atoms with Crippen molar-refractivity contribution in [3.8, 4) is 0 Å². The molecule has 0 atom stereocenters. The van der Waals surface area contributed by atoms with Crippen molar-refractivity contribution in [3.05, 3.63) is 182 Å². The van der Waals surface area contributed by atoms with Crippen LogP contribution in [-0.2, 0) is 26.3 Å². The molecular weight excluding hydrogens is 534 g/mol. The van der Waals surface area contributed by atoms with Crippen molar-refractivity contribution in [1.29, 1.82) is 0 Å². The fraction of sp³-hybridized carbons (Fsp3) is 0.0323. The molecule has 34 heavy (non-hydrogen) atoms. The molecule has 0 bridgehead atoms. The molecule has 0 amide bonds. The molecule has 0 unspecified atom stereocenters. The molecular formula is C31H22Cl2Zr+2. The number of hydrogen-bond donors (Lipinski definition) is 0. The molecule has 2 fully saturated rings. The van der Waals surface area contributed by atoms with Crippen molar-refractivity contribution in [2.45, 2.75) is 5.41 Å². The molecule has 10 radical (unpaired) electrons. The average molecular weight is 557 g/mol. The molecule has 4 aliphatic rings. The summed E-state index contributed by atoms with van der Waals surface area (Å²) in [6, 6.07) is 21.9. The van der Waals surface area contributed by atoms with Gasteiger partial charge >= 0.3 is 37.9 Å². The van der Waals surface area contributed by atoms with E-state index in [1.54, 1.807) is 0 Å². The second-order valence-corrected chi connectivity index (χ2v) is 11.9. The van der Waals surface area contributed by atoms with Gasteiger partial charge in [-0.25, -0.2) is 0 Å². The van der Waals surface area contributed by atoms with E-state index in [-0.39, 0.29) is 0 Å². The molecule has 0 spiro atoms. The minimum absolute atomic E-state index is 0.408.